The summed E-state index contributed by atoms with van der Waals surface area (Å²) in [5.41, 5.74) is 6.45. The van der Waals surface area contributed by atoms with Crippen molar-refractivity contribution in [2.75, 3.05) is 0 Å². The lowest BCUT2D eigenvalue weighted by molar-refractivity contribution is 0.0849. The maximum Gasteiger partial charge on any atom is 0.170 e. The van der Waals surface area contributed by atoms with Gasteiger partial charge in [-0.15, -0.1) is 0 Å². The Bertz CT molecular complexity index is 738. The molecular formula is C19H20I2O2. The van der Waals surface area contributed by atoms with Crippen molar-refractivity contribution in [2.24, 2.45) is 0 Å². The molecule has 122 valence electrons. The van der Waals surface area contributed by atoms with Gasteiger partial charge in [-0.05, 0) is 61.6 Å². The zero-order valence-corrected chi connectivity index (χ0v) is 18.1. The molecule has 0 spiro atoms. The second kappa shape index (κ2) is 7.96. The van der Waals surface area contributed by atoms with E-state index in [0.717, 1.165) is 28.0 Å². The lowest BCUT2D eigenvalue weighted by atomic mass is 9.91. The van der Waals surface area contributed by atoms with Gasteiger partial charge in [0.15, 0.2) is 5.78 Å². The number of carbonyl (C=O) groups excluding carboxylic acids is 1. The summed E-state index contributed by atoms with van der Waals surface area (Å²) >= 11 is 4.24. The van der Waals surface area contributed by atoms with Crippen LogP contribution in [0.2, 0.25) is 0 Å². The lowest BCUT2D eigenvalue weighted by Gasteiger charge is -2.27. The van der Waals surface area contributed by atoms with Crippen LogP contribution in [0.1, 0.15) is 50.7 Å². The third kappa shape index (κ3) is 4.07. The van der Waals surface area contributed by atoms with Crippen molar-refractivity contribution in [1.82, 2.24) is 0 Å². The Morgan fingerprint density at radius 1 is 0.957 bits per heavy atom. The van der Waals surface area contributed by atoms with Crippen LogP contribution in [0.5, 0.6) is 5.75 Å². The number of halogens is 2. The first-order valence-electron chi connectivity index (χ1n) is 7.48. The van der Waals surface area contributed by atoms with Crippen LogP contribution in [0.4, 0.5) is 0 Å². The van der Waals surface area contributed by atoms with E-state index < -0.39 is 0 Å². The van der Waals surface area contributed by atoms with E-state index in [1.807, 2.05) is 26.0 Å². The van der Waals surface area contributed by atoms with Gasteiger partial charge >= 0.3 is 0 Å². The number of hydrogen-bond acceptors (Lipinski definition) is 2. The second-order valence-electron chi connectivity index (χ2n) is 6.03. The van der Waals surface area contributed by atoms with E-state index in [4.69, 9.17) is 4.74 Å². The molecule has 4 heteroatoms. The lowest BCUT2D eigenvalue weighted by Crippen LogP contribution is -2.21. The van der Waals surface area contributed by atoms with E-state index in [2.05, 4.69) is 69.3 Å². The number of fused-ring (bicyclic) bond motifs is 1. The fraction of sp³-hybridized carbons (Fsp3) is 0.316. The molecule has 23 heavy (non-hydrogen) atoms. The Kier molecular flexibility index (Phi) is 6.48. The number of hydrogen-bond donors (Lipinski definition) is 0. The first-order chi connectivity index (χ1) is 11.0. The first-order valence-corrected chi connectivity index (χ1v) is 13.8. The first kappa shape index (κ1) is 18.7. The molecule has 1 aliphatic heterocycles. The van der Waals surface area contributed by atoms with Gasteiger partial charge in [0.05, 0.1) is 12.0 Å². The zero-order chi connectivity index (χ0) is 17.1. The number of rotatable bonds is 1. The Balaban J connectivity index is 0.000000924. The van der Waals surface area contributed by atoms with Crippen LogP contribution in [-0.4, -0.2) is 5.78 Å². The Morgan fingerprint density at radius 2 is 1.65 bits per heavy atom. The molecule has 0 amide bonds. The highest BCUT2D eigenvalue weighted by Gasteiger charge is 2.29. The quantitative estimate of drug-likeness (QED) is 0.396. The van der Waals surface area contributed by atoms with Crippen molar-refractivity contribution >= 4 is 43.0 Å². The van der Waals surface area contributed by atoms with E-state index in [1.54, 1.807) is 0 Å². The molecule has 0 N–H and O–H groups in total. The molecule has 1 aliphatic rings. The standard InChI is InChI=1S/C19H20O2.I2/c1-11-7-14(4)19-16(20)10-17(21-18(19)8-11)15-6-5-12(2)13(3)9-15;1-2/h5-9,17H,10H2,1-4H3;. The highest BCUT2D eigenvalue weighted by atomic mass is 128. The van der Waals surface area contributed by atoms with Gasteiger partial charge in [0, 0.05) is 37.2 Å². The van der Waals surface area contributed by atoms with E-state index in [0.29, 0.717) is 6.42 Å². The Morgan fingerprint density at radius 3 is 2.30 bits per heavy atom. The van der Waals surface area contributed by atoms with Gasteiger partial charge in [-0.2, -0.15) is 0 Å². The number of aryl methyl sites for hydroxylation is 4. The summed E-state index contributed by atoms with van der Waals surface area (Å²) in [6.45, 7) is 8.18. The predicted octanol–water partition coefficient (Wildman–Crippen LogP) is 6.40. The van der Waals surface area contributed by atoms with Crippen LogP contribution < -0.4 is 4.74 Å². The summed E-state index contributed by atoms with van der Waals surface area (Å²) in [6.07, 6.45) is 0.241. The van der Waals surface area contributed by atoms with Crippen molar-refractivity contribution in [2.45, 2.75) is 40.2 Å². The number of ketones is 1. The van der Waals surface area contributed by atoms with Crippen molar-refractivity contribution in [1.29, 1.82) is 0 Å². The maximum absolute atomic E-state index is 12.5. The molecule has 1 unspecified atom stereocenters. The number of ether oxygens (including phenoxy) is 1. The van der Waals surface area contributed by atoms with Crippen LogP contribution in [0.3, 0.4) is 0 Å². The van der Waals surface area contributed by atoms with E-state index in [1.165, 1.54) is 11.1 Å². The molecule has 0 saturated heterocycles. The van der Waals surface area contributed by atoms with Crippen LogP contribution >= 0.6 is 37.2 Å². The summed E-state index contributed by atoms with van der Waals surface area (Å²) < 4.78 is 6.12. The minimum atomic E-state index is -0.175. The molecule has 0 fully saturated rings. The van der Waals surface area contributed by atoms with Crippen molar-refractivity contribution in [3.63, 3.8) is 0 Å². The fourth-order valence-electron chi connectivity index (χ4n) is 3.00. The molecule has 0 aromatic heterocycles. The van der Waals surface area contributed by atoms with Gasteiger partial charge in [-0.3, -0.25) is 4.79 Å². The molecule has 0 saturated carbocycles. The molecule has 2 aromatic carbocycles. The number of Topliss-reactive ketones (excluding diaryl/α,β-unsaturated/α-hetero) is 1. The van der Waals surface area contributed by atoms with Crippen molar-refractivity contribution in [3.05, 3.63) is 63.7 Å². The van der Waals surface area contributed by atoms with E-state index in [9.17, 15) is 4.79 Å². The molecule has 2 nitrogen and oxygen atoms in total. The Hall–Kier alpha value is -0.630. The third-order valence-electron chi connectivity index (χ3n) is 4.27. The maximum atomic E-state index is 12.5. The van der Waals surface area contributed by atoms with Crippen LogP contribution in [-0.2, 0) is 0 Å². The second-order valence-corrected chi connectivity index (χ2v) is 6.03. The largest absolute Gasteiger partial charge is 0.484 e. The van der Waals surface area contributed by atoms with Crippen LogP contribution in [0, 0.1) is 27.7 Å². The van der Waals surface area contributed by atoms with Crippen molar-refractivity contribution in [3.8, 4) is 5.75 Å². The van der Waals surface area contributed by atoms with Gasteiger partial charge in [0.1, 0.15) is 11.9 Å². The zero-order valence-electron chi connectivity index (χ0n) is 13.7. The van der Waals surface area contributed by atoms with Crippen LogP contribution in [0.15, 0.2) is 30.3 Å². The number of benzene rings is 2. The minimum absolute atomic E-state index is 0.175. The fourth-order valence-corrected chi connectivity index (χ4v) is 3.00. The molecule has 0 aliphatic carbocycles. The predicted molar refractivity (Wildman–Crippen MR) is 112 cm³/mol. The van der Waals surface area contributed by atoms with Gasteiger partial charge in [0.25, 0.3) is 0 Å². The van der Waals surface area contributed by atoms with Gasteiger partial charge in [0.2, 0.25) is 0 Å². The summed E-state index contributed by atoms with van der Waals surface area (Å²) in [4.78, 5) is 12.5. The summed E-state index contributed by atoms with van der Waals surface area (Å²) in [5.74, 6) is 0.906. The molecule has 1 heterocycles. The highest BCUT2D eigenvalue weighted by molar-refractivity contribution is 15.0. The minimum Gasteiger partial charge on any atom is -0.484 e. The average molecular weight is 534 g/mol. The molecule has 2 aromatic rings. The number of carbonyl (C=O) groups is 1. The average Bonchev–Trinajstić information content (AvgIpc) is 2.50. The van der Waals surface area contributed by atoms with Gasteiger partial charge in [-0.1, -0.05) is 24.3 Å². The normalized spacial score (nSPS) is 16.1. The molecule has 1 atom stereocenters. The monoisotopic (exact) mass is 534 g/mol. The third-order valence-corrected chi connectivity index (χ3v) is 4.27. The highest BCUT2D eigenvalue weighted by Crippen LogP contribution is 2.37. The smallest absolute Gasteiger partial charge is 0.170 e. The molecule has 0 bridgehead atoms. The topological polar surface area (TPSA) is 26.3 Å². The molecular weight excluding hydrogens is 514 g/mol. The molecule has 0 radical (unpaired) electrons. The SMILES string of the molecule is Cc1cc(C)c2c(c1)OC(c1ccc(C)c(C)c1)CC2=O.II. The summed E-state index contributed by atoms with van der Waals surface area (Å²) in [7, 11) is 0. The summed E-state index contributed by atoms with van der Waals surface area (Å²) in [5, 5.41) is 0. The van der Waals surface area contributed by atoms with Gasteiger partial charge < -0.3 is 4.74 Å². The van der Waals surface area contributed by atoms with E-state index >= 15 is 0 Å². The Labute approximate surface area is 161 Å². The summed E-state index contributed by atoms with van der Waals surface area (Å²) in [6, 6.07) is 10.3. The van der Waals surface area contributed by atoms with Gasteiger partial charge in [-0.25, -0.2) is 0 Å². The van der Waals surface area contributed by atoms with E-state index in [-0.39, 0.29) is 11.9 Å². The van der Waals surface area contributed by atoms with Crippen LogP contribution in [0.25, 0.3) is 0 Å². The molecule has 3 rings (SSSR count). The van der Waals surface area contributed by atoms with Crippen molar-refractivity contribution < 1.29 is 9.53 Å².